The maximum Gasteiger partial charge on any atom is 0.163 e. The predicted octanol–water partition coefficient (Wildman–Crippen LogP) is 5.98. The summed E-state index contributed by atoms with van der Waals surface area (Å²) >= 11 is 12.0. The van der Waals surface area contributed by atoms with Crippen molar-refractivity contribution in [2.45, 2.75) is 0 Å². The lowest BCUT2D eigenvalue weighted by Crippen LogP contribution is -1.88. The first-order valence-electron chi connectivity index (χ1n) is 8.12. The Morgan fingerprint density at radius 2 is 1.19 bits per heavy atom. The molecule has 0 radical (unpaired) electrons. The predicted molar refractivity (Wildman–Crippen MR) is 107 cm³/mol. The molecule has 6 heteroatoms. The highest BCUT2D eigenvalue weighted by molar-refractivity contribution is 6.30. The van der Waals surface area contributed by atoms with E-state index in [4.69, 9.17) is 23.2 Å². The van der Waals surface area contributed by atoms with Crippen molar-refractivity contribution < 1.29 is 0 Å². The first-order chi connectivity index (χ1) is 13.1. The molecule has 0 spiro atoms. The van der Waals surface area contributed by atoms with Crippen LogP contribution < -0.4 is 0 Å². The van der Waals surface area contributed by atoms with Gasteiger partial charge in [-0.25, -0.2) is 5.10 Å². The van der Waals surface area contributed by atoms with Gasteiger partial charge in [-0.05, 0) is 64.7 Å². The third kappa shape index (κ3) is 3.56. The zero-order valence-electron chi connectivity index (χ0n) is 13.9. The summed E-state index contributed by atoms with van der Waals surface area (Å²) in [5.41, 5.74) is 5.64. The van der Waals surface area contributed by atoms with Crippen LogP contribution in [0, 0.1) is 11.3 Å². The minimum atomic E-state index is 0.324. The van der Waals surface area contributed by atoms with Crippen LogP contribution in [0.25, 0.3) is 33.5 Å². The smallest absolute Gasteiger partial charge is 0.163 e. The summed E-state index contributed by atoms with van der Waals surface area (Å²) in [6.45, 7) is 0. The van der Waals surface area contributed by atoms with Crippen LogP contribution in [0.2, 0.25) is 10.0 Å². The molecule has 27 heavy (non-hydrogen) atoms. The number of aromatic amines is 1. The molecule has 3 aromatic carbocycles. The highest BCUT2D eigenvalue weighted by atomic mass is 35.5. The molecule has 0 aliphatic carbocycles. The van der Waals surface area contributed by atoms with Gasteiger partial charge < -0.3 is 0 Å². The molecule has 0 unspecified atom stereocenters. The van der Waals surface area contributed by atoms with Gasteiger partial charge in [0.15, 0.2) is 5.69 Å². The number of nitriles is 1. The average Bonchev–Trinajstić information content (AvgIpc) is 3.18. The van der Waals surface area contributed by atoms with E-state index < -0.39 is 0 Å². The maximum atomic E-state index is 9.31. The molecule has 0 aliphatic rings. The lowest BCUT2D eigenvalue weighted by molar-refractivity contribution is 0.937. The molecule has 0 aliphatic heterocycles. The number of benzene rings is 3. The largest absolute Gasteiger partial charge is 0.247 e. The first-order valence-corrected chi connectivity index (χ1v) is 8.88. The lowest BCUT2D eigenvalue weighted by atomic mass is 9.94. The molecule has 0 bridgehead atoms. The summed E-state index contributed by atoms with van der Waals surface area (Å²) in [6.07, 6.45) is 0. The van der Waals surface area contributed by atoms with Gasteiger partial charge in [0.05, 0.1) is 0 Å². The van der Waals surface area contributed by atoms with Crippen LogP contribution in [0.15, 0.2) is 66.7 Å². The van der Waals surface area contributed by atoms with Gasteiger partial charge in [-0.2, -0.15) is 5.26 Å². The van der Waals surface area contributed by atoms with Gasteiger partial charge >= 0.3 is 0 Å². The Morgan fingerprint density at radius 3 is 1.67 bits per heavy atom. The Bertz CT molecular complexity index is 1080. The van der Waals surface area contributed by atoms with Crippen LogP contribution in [0.1, 0.15) is 5.69 Å². The zero-order chi connectivity index (χ0) is 18.8. The minimum absolute atomic E-state index is 0.324. The lowest BCUT2D eigenvalue weighted by Gasteiger charge is -2.10. The molecule has 0 saturated carbocycles. The molecule has 1 aromatic heterocycles. The van der Waals surface area contributed by atoms with Crippen molar-refractivity contribution >= 4 is 23.2 Å². The fourth-order valence-electron chi connectivity index (χ4n) is 2.89. The van der Waals surface area contributed by atoms with E-state index in [0.29, 0.717) is 21.4 Å². The van der Waals surface area contributed by atoms with E-state index in [1.165, 1.54) is 0 Å². The number of hydrogen-bond acceptors (Lipinski definition) is 3. The Morgan fingerprint density at radius 1 is 0.704 bits per heavy atom. The van der Waals surface area contributed by atoms with Gasteiger partial charge in [-0.1, -0.05) is 52.7 Å². The monoisotopic (exact) mass is 390 g/mol. The van der Waals surface area contributed by atoms with Crippen LogP contribution in [0.3, 0.4) is 0 Å². The average molecular weight is 391 g/mol. The fourth-order valence-corrected chi connectivity index (χ4v) is 3.14. The summed E-state index contributed by atoms with van der Waals surface area (Å²) in [4.78, 5) is 0. The summed E-state index contributed by atoms with van der Waals surface area (Å²) in [7, 11) is 0. The van der Waals surface area contributed by atoms with Crippen molar-refractivity contribution in [1.29, 1.82) is 5.26 Å². The maximum absolute atomic E-state index is 9.31. The van der Waals surface area contributed by atoms with Gasteiger partial charge in [-0.3, -0.25) is 0 Å². The Kier molecular flexibility index (Phi) is 4.64. The summed E-state index contributed by atoms with van der Waals surface area (Å²) in [6, 6.07) is 23.4. The first kappa shape index (κ1) is 17.3. The van der Waals surface area contributed by atoms with E-state index in [1.54, 1.807) is 0 Å². The normalized spacial score (nSPS) is 10.6. The second-order valence-electron chi connectivity index (χ2n) is 5.96. The third-order valence-electron chi connectivity index (χ3n) is 4.22. The van der Waals surface area contributed by atoms with E-state index in [2.05, 4.69) is 27.5 Å². The molecule has 4 rings (SSSR count). The molecule has 130 valence electrons. The van der Waals surface area contributed by atoms with Crippen molar-refractivity contribution in [3.05, 3.63) is 82.5 Å². The Labute approximate surface area is 166 Å². The summed E-state index contributed by atoms with van der Waals surface area (Å²) in [5, 5.41) is 21.1. The second kappa shape index (κ2) is 7.24. The van der Waals surface area contributed by atoms with Crippen molar-refractivity contribution in [1.82, 2.24) is 15.4 Å². The molecular formula is C21H12Cl2N4. The van der Waals surface area contributed by atoms with Crippen LogP contribution in [0.5, 0.6) is 0 Å². The van der Waals surface area contributed by atoms with Crippen molar-refractivity contribution in [3.63, 3.8) is 0 Å². The van der Waals surface area contributed by atoms with Crippen molar-refractivity contribution in [2.24, 2.45) is 0 Å². The molecule has 0 saturated heterocycles. The third-order valence-corrected chi connectivity index (χ3v) is 4.73. The SMILES string of the molecule is N#Cc1[nH]nnc1-c1cc(-c2ccc(Cl)cc2)cc(-c2ccc(Cl)cc2)c1. The van der Waals surface area contributed by atoms with Crippen molar-refractivity contribution in [3.8, 4) is 39.6 Å². The number of hydrogen-bond donors (Lipinski definition) is 1. The van der Waals surface area contributed by atoms with Gasteiger partial charge in [0.2, 0.25) is 0 Å². The molecule has 1 N–H and O–H groups in total. The van der Waals surface area contributed by atoms with Crippen LogP contribution >= 0.6 is 23.2 Å². The van der Waals surface area contributed by atoms with Crippen LogP contribution in [0.4, 0.5) is 0 Å². The fraction of sp³-hybridized carbons (Fsp3) is 0. The summed E-state index contributed by atoms with van der Waals surface area (Å²) < 4.78 is 0. The molecule has 0 fully saturated rings. The number of rotatable bonds is 3. The molecule has 0 amide bonds. The number of H-pyrrole nitrogens is 1. The van der Waals surface area contributed by atoms with Gasteiger partial charge in [-0.15, -0.1) is 5.10 Å². The zero-order valence-corrected chi connectivity index (χ0v) is 15.5. The van der Waals surface area contributed by atoms with E-state index in [1.807, 2.05) is 60.7 Å². The number of nitrogens with one attached hydrogen (secondary N) is 1. The van der Waals surface area contributed by atoms with Crippen LogP contribution in [-0.4, -0.2) is 15.4 Å². The second-order valence-corrected chi connectivity index (χ2v) is 6.83. The highest BCUT2D eigenvalue weighted by Gasteiger charge is 2.13. The Balaban J connectivity index is 1.92. The summed E-state index contributed by atoms with van der Waals surface area (Å²) in [5.74, 6) is 0. The molecule has 4 aromatic rings. The Hall–Kier alpha value is -3.13. The van der Waals surface area contributed by atoms with Gasteiger partial charge in [0.25, 0.3) is 0 Å². The standard InChI is InChI=1S/C21H12Cl2N4/c22-18-5-1-13(2-6-18)15-9-16(14-3-7-19(23)8-4-14)11-17(10-15)21-20(12-24)25-27-26-21/h1-11H,(H,25,26,27). The van der Waals surface area contributed by atoms with E-state index in [0.717, 1.165) is 27.8 Å². The molecular weight excluding hydrogens is 379 g/mol. The minimum Gasteiger partial charge on any atom is -0.247 e. The quantitative estimate of drug-likeness (QED) is 0.467. The topological polar surface area (TPSA) is 65.4 Å². The molecule has 4 nitrogen and oxygen atoms in total. The highest BCUT2D eigenvalue weighted by Crippen LogP contribution is 2.33. The van der Waals surface area contributed by atoms with E-state index >= 15 is 0 Å². The van der Waals surface area contributed by atoms with E-state index in [-0.39, 0.29) is 0 Å². The number of nitrogens with zero attached hydrogens (tertiary/aromatic N) is 3. The number of aromatic nitrogens is 3. The number of halogens is 2. The molecule has 1 heterocycles. The van der Waals surface area contributed by atoms with Crippen molar-refractivity contribution in [2.75, 3.05) is 0 Å². The van der Waals surface area contributed by atoms with Crippen LogP contribution in [-0.2, 0) is 0 Å². The van der Waals surface area contributed by atoms with Gasteiger partial charge in [0.1, 0.15) is 11.8 Å². The van der Waals surface area contributed by atoms with E-state index in [9.17, 15) is 5.26 Å². The molecule has 0 atom stereocenters. The van der Waals surface area contributed by atoms with Gasteiger partial charge in [0, 0.05) is 15.6 Å².